The van der Waals surface area contributed by atoms with Gasteiger partial charge in [-0.15, -0.1) is 0 Å². The van der Waals surface area contributed by atoms with E-state index < -0.39 is 17.6 Å². The molecule has 0 aliphatic heterocycles. The maximum absolute atomic E-state index is 13.2. The van der Waals surface area contributed by atoms with Crippen LogP contribution in [0, 0.1) is 0 Å². The van der Waals surface area contributed by atoms with Gasteiger partial charge in [0.15, 0.2) is 0 Å². The first-order valence-corrected chi connectivity index (χ1v) is 8.51. The van der Waals surface area contributed by atoms with Crippen molar-refractivity contribution in [3.05, 3.63) is 107 Å². The summed E-state index contributed by atoms with van der Waals surface area (Å²) in [7, 11) is 0. The standard InChI is InChI=1S/C22H18F3NO/c23-22(24,25)20-14-8-7-13-18(20)21(27)26-15-19(16-9-3-1-4-10-16)17-11-5-2-6-12-17/h1-14,19H,15H2,(H,26,27). The SMILES string of the molecule is O=C(NCC(c1ccccc1)c1ccccc1)c1ccccc1C(F)(F)F. The average molecular weight is 369 g/mol. The van der Waals surface area contributed by atoms with Crippen LogP contribution in [-0.2, 0) is 6.18 Å². The first kappa shape index (κ1) is 18.7. The molecule has 0 aliphatic carbocycles. The summed E-state index contributed by atoms with van der Waals surface area (Å²) in [6, 6.07) is 23.9. The summed E-state index contributed by atoms with van der Waals surface area (Å²) >= 11 is 0. The lowest BCUT2D eigenvalue weighted by molar-refractivity contribution is -0.137. The minimum absolute atomic E-state index is 0.158. The van der Waals surface area contributed by atoms with Crippen LogP contribution < -0.4 is 5.32 Å². The number of alkyl halides is 3. The first-order valence-electron chi connectivity index (χ1n) is 8.51. The minimum Gasteiger partial charge on any atom is -0.351 e. The van der Waals surface area contributed by atoms with Crippen molar-refractivity contribution in [1.82, 2.24) is 5.32 Å². The number of carbonyl (C=O) groups excluding carboxylic acids is 1. The number of rotatable bonds is 5. The molecule has 0 fully saturated rings. The summed E-state index contributed by atoms with van der Waals surface area (Å²) in [5, 5.41) is 2.67. The maximum atomic E-state index is 13.2. The molecule has 0 radical (unpaired) electrons. The summed E-state index contributed by atoms with van der Waals surface area (Å²) in [5.41, 5.74) is 0.657. The van der Waals surface area contributed by atoms with Crippen molar-refractivity contribution in [3.8, 4) is 0 Å². The smallest absolute Gasteiger partial charge is 0.351 e. The Balaban J connectivity index is 1.84. The van der Waals surface area contributed by atoms with Crippen molar-refractivity contribution >= 4 is 5.91 Å². The van der Waals surface area contributed by atoms with E-state index in [-0.39, 0.29) is 18.0 Å². The van der Waals surface area contributed by atoms with Crippen molar-refractivity contribution in [1.29, 1.82) is 0 Å². The highest BCUT2D eigenvalue weighted by Gasteiger charge is 2.34. The number of hydrogen-bond donors (Lipinski definition) is 1. The number of nitrogens with one attached hydrogen (secondary N) is 1. The quantitative estimate of drug-likeness (QED) is 0.652. The number of benzene rings is 3. The molecule has 0 saturated carbocycles. The van der Waals surface area contributed by atoms with E-state index in [4.69, 9.17) is 0 Å². The van der Waals surface area contributed by atoms with Gasteiger partial charge in [0, 0.05) is 12.5 Å². The van der Waals surface area contributed by atoms with Crippen molar-refractivity contribution in [2.24, 2.45) is 0 Å². The molecule has 1 amide bonds. The van der Waals surface area contributed by atoms with Crippen LogP contribution in [0.4, 0.5) is 13.2 Å². The van der Waals surface area contributed by atoms with E-state index in [1.807, 2.05) is 60.7 Å². The zero-order valence-electron chi connectivity index (χ0n) is 14.4. The van der Waals surface area contributed by atoms with Gasteiger partial charge in [0.25, 0.3) is 5.91 Å². The van der Waals surface area contributed by atoms with Crippen molar-refractivity contribution in [2.75, 3.05) is 6.54 Å². The molecule has 2 nitrogen and oxygen atoms in total. The van der Waals surface area contributed by atoms with E-state index in [0.29, 0.717) is 0 Å². The second kappa shape index (κ2) is 8.08. The third kappa shape index (κ3) is 4.56. The third-order valence-corrected chi connectivity index (χ3v) is 4.35. The van der Waals surface area contributed by atoms with Gasteiger partial charge >= 0.3 is 6.18 Å². The molecule has 0 unspecified atom stereocenters. The summed E-state index contributed by atoms with van der Waals surface area (Å²) in [6.07, 6.45) is -4.58. The largest absolute Gasteiger partial charge is 0.417 e. The van der Waals surface area contributed by atoms with Gasteiger partial charge in [-0.3, -0.25) is 4.79 Å². The summed E-state index contributed by atoms with van der Waals surface area (Å²) in [4.78, 5) is 12.5. The molecule has 3 aromatic rings. The van der Waals surface area contributed by atoms with Gasteiger partial charge in [-0.2, -0.15) is 13.2 Å². The average Bonchev–Trinajstić information content (AvgIpc) is 2.69. The van der Waals surface area contributed by atoms with Crippen molar-refractivity contribution in [3.63, 3.8) is 0 Å². The molecule has 0 spiro atoms. The van der Waals surface area contributed by atoms with Gasteiger partial charge in [-0.1, -0.05) is 72.8 Å². The molecular formula is C22H18F3NO. The van der Waals surface area contributed by atoms with Gasteiger partial charge in [0.1, 0.15) is 0 Å². The fourth-order valence-corrected chi connectivity index (χ4v) is 3.02. The second-order valence-electron chi connectivity index (χ2n) is 6.13. The Hall–Kier alpha value is -3.08. The van der Waals surface area contributed by atoms with Crippen LogP contribution in [0.2, 0.25) is 0 Å². The fraction of sp³-hybridized carbons (Fsp3) is 0.136. The highest BCUT2D eigenvalue weighted by molar-refractivity contribution is 5.95. The highest BCUT2D eigenvalue weighted by Crippen LogP contribution is 2.32. The van der Waals surface area contributed by atoms with Crippen LogP contribution in [0.1, 0.15) is 33.0 Å². The summed E-state index contributed by atoms with van der Waals surface area (Å²) < 4.78 is 39.5. The normalized spacial score (nSPS) is 11.4. The number of carbonyl (C=O) groups is 1. The molecule has 0 saturated heterocycles. The minimum atomic E-state index is -4.58. The molecular weight excluding hydrogens is 351 g/mol. The zero-order valence-corrected chi connectivity index (χ0v) is 14.4. The van der Waals surface area contributed by atoms with Gasteiger partial charge in [0.05, 0.1) is 11.1 Å². The Labute approximate surface area is 155 Å². The third-order valence-electron chi connectivity index (χ3n) is 4.35. The number of halogens is 3. The van der Waals surface area contributed by atoms with Gasteiger partial charge in [-0.25, -0.2) is 0 Å². The molecule has 0 heterocycles. The van der Waals surface area contributed by atoms with Crippen molar-refractivity contribution in [2.45, 2.75) is 12.1 Å². The van der Waals surface area contributed by atoms with E-state index >= 15 is 0 Å². The first-order chi connectivity index (χ1) is 13.0. The lowest BCUT2D eigenvalue weighted by Gasteiger charge is -2.19. The van der Waals surface area contributed by atoms with Crippen LogP contribution >= 0.6 is 0 Å². The Morgan fingerprint density at radius 2 is 1.26 bits per heavy atom. The second-order valence-corrected chi connectivity index (χ2v) is 6.13. The topological polar surface area (TPSA) is 29.1 Å². The monoisotopic (exact) mass is 369 g/mol. The van der Waals surface area contributed by atoms with Gasteiger partial charge < -0.3 is 5.32 Å². The fourth-order valence-electron chi connectivity index (χ4n) is 3.02. The Kier molecular flexibility index (Phi) is 5.60. The number of hydrogen-bond acceptors (Lipinski definition) is 1. The molecule has 0 atom stereocenters. The molecule has 27 heavy (non-hydrogen) atoms. The van der Waals surface area contributed by atoms with Crippen LogP contribution in [0.3, 0.4) is 0 Å². The molecule has 0 aromatic heterocycles. The molecule has 5 heteroatoms. The molecule has 0 aliphatic rings. The van der Waals surface area contributed by atoms with E-state index in [2.05, 4.69) is 5.32 Å². The number of amides is 1. The van der Waals surface area contributed by atoms with E-state index in [9.17, 15) is 18.0 Å². The highest BCUT2D eigenvalue weighted by atomic mass is 19.4. The summed E-state index contributed by atoms with van der Waals surface area (Å²) in [6.45, 7) is 0.194. The lowest BCUT2D eigenvalue weighted by atomic mass is 9.91. The predicted molar refractivity (Wildman–Crippen MR) is 98.5 cm³/mol. The van der Waals surface area contributed by atoms with Crippen LogP contribution in [0.5, 0.6) is 0 Å². The van der Waals surface area contributed by atoms with Crippen LogP contribution in [0.15, 0.2) is 84.9 Å². The Morgan fingerprint density at radius 1 is 0.778 bits per heavy atom. The molecule has 1 N–H and O–H groups in total. The van der Waals surface area contributed by atoms with Gasteiger partial charge in [0.2, 0.25) is 0 Å². The molecule has 138 valence electrons. The zero-order chi connectivity index (χ0) is 19.3. The Morgan fingerprint density at radius 3 is 1.78 bits per heavy atom. The van der Waals surface area contributed by atoms with E-state index in [0.717, 1.165) is 17.2 Å². The van der Waals surface area contributed by atoms with E-state index in [1.54, 1.807) is 0 Å². The predicted octanol–water partition coefficient (Wildman–Crippen LogP) is 5.27. The maximum Gasteiger partial charge on any atom is 0.417 e. The van der Waals surface area contributed by atoms with Crippen molar-refractivity contribution < 1.29 is 18.0 Å². The Bertz CT molecular complexity index is 853. The molecule has 3 rings (SSSR count). The summed E-state index contributed by atoms with van der Waals surface area (Å²) in [5.74, 6) is -0.894. The van der Waals surface area contributed by atoms with E-state index in [1.165, 1.54) is 18.2 Å². The van der Waals surface area contributed by atoms with Crippen LogP contribution in [0.25, 0.3) is 0 Å². The lowest BCUT2D eigenvalue weighted by Crippen LogP contribution is -2.30. The van der Waals surface area contributed by atoms with Crippen LogP contribution in [-0.4, -0.2) is 12.5 Å². The molecule has 3 aromatic carbocycles. The van der Waals surface area contributed by atoms with Gasteiger partial charge in [-0.05, 0) is 23.3 Å². The molecule has 0 bridgehead atoms.